The lowest BCUT2D eigenvalue weighted by Crippen LogP contribution is -2.46. The first kappa shape index (κ1) is 24.9. The third kappa shape index (κ3) is 3.52. The minimum absolute atomic E-state index is 0.0980. The van der Waals surface area contributed by atoms with Gasteiger partial charge in [0.05, 0.1) is 17.9 Å². The van der Waals surface area contributed by atoms with Gasteiger partial charge < -0.3 is 9.47 Å². The zero-order valence-electron chi connectivity index (χ0n) is 21.5. The Morgan fingerprint density at radius 1 is 0.921 bits per heavy atom. The second-order valence-corrected chi connectivity index (χ2v) is 9.10. The molecule has 1 aliphatic carbocycles. The van der Waals surface area contributed by atoms with Crippen molar-refractivity contribution in [3.8, 4) is 11.5 Å². The van der Waals surface area contributed by atoms with Gasteiger partial charge in [-0.25, -0.2) is 4.79 Å². The van der Waals surface area contributed by atoms with E-state index in [2.05, 4.69) is 0 Å². The molecule has 1 atom stereocenters. The highest BCUT2D eigenvalue weighted by Crippen LogP contribution is 2.51. The molecule has 1 amide bonds. The lowest BCUT2D eigenvalue weighted by atomic mass is 9.80. The largest absolute Gasteiger partial charge is 0.490 e. The normalized spacial score (nSPS) is 15.7. The molecule has 38 heavy (non-hydrogen) atoms. The molecule has 1 aliphatic heterocycles. The molecular weight excluding hydrogens is 490 g/mol. The molecule has 5 rings (SSSR count). The van der Waals surface area contributed by atoms with Crippen LogP contribution in [0.15, 0.2) is 57.6 Å². The fraction of sp³-hybridized carbons (Fsp3) is 0.250. The summed E-state index contributed by atoms with van der Waals surface area (Å²) in [6.07, 6.45) is 0. The van der Waals surface area contributed by atoms with E-state index in [9.17, 15) is 24.0 Å². The predicted molar refractivity (Wildman–Crippen MR) is 139 cm³/mol. The number of aromatic nitrogens is 2. The highest BCUT2D eigenvalue weighted by Gasteiger charge is 2.47. The molecule has 1 unspecified atom stereocenters. The Morgan fingerprint density at radius 2 is 1.61 bits per heavy atom. The first-order valence-electron chi connectivity index (χ1n) is 12.0. The smallest absolute Gasteiger partial charge is 0.332 e. The number of benzene rings is 2. The molecular formula is C28H25N3O7. The van der Waals surface area contributed by atoms with Crippen molar-refractivity contribution in [1.82, 2.24) is 9.13 Å². The molecule has 10 heteroatoms. The van der Waals surface area contributed by atoms with Crippen LogP contribution in [-0.2, 0) is 23.7 Å². The summed E-state index contributed by atoms with van der Waals surface area (Å²) in [5, 5.41) is 0. The molecule has 0 saturated carbocycles. The molecule has 1 aromatic heterocycles. The van der Waals surface area contributed by atoms with Crippen molar-refractivity contribution < 1.29 is 23.9 Å². The number of fused-ring (bicyclic) bond motifs is 3. The Hall–Kier alpha value is -4.73. The number of hydrogen-bond acceptors (Lipinski definition) is 7. The van der Waals surface area contributed by atoms with E-state index >= 15 is 0 Å². The molecule has 0 radical (unpaired) electrons. The Bertz CT molecular complexity index is 1710. The summed E-state index contributed by atoms with van der Waals surface area (Å²) in [6, 6.07) is 11.7. The third-order valence-corrected chi connectivity index (χ3v) is 6.78. The van der Waals surface area contributed by atoms with E-state index in [0.717, 1.165) is 4.57 Å². The number of allylic oxidation sites excluding steroid dienone is 1. The number of esters is 1. The zero-order valence-corrected chi connectivity index (χ0v) is 21.5. The van der Waals surface area contributed by atoms with E-state index in [1.54, 1.807) is 43.3 Å². The average molecular weight is 516 g/mol. The lowest BCUT2D eigenvalue weighted by Gasteiger charge is -2.36. The lowest BCUT2D eigenvalue weighted by molar-refractivity contribution is -0.132. The molecule has 0 N–H and O–H groups in total. The third-order valence-electron chi connectivity index (χ3n) is 6.78. The molecule has 0 bridgehead atoms. The van der Waals surface area contributed by atoms with Gasteiger partial charge in [-0.3, -0.25) is 33.2 Å². The molecule has 2 aromatic carbocycles. The van der Waals surface area contributed by atoms with Crippen LogP contribution in [0.5, 0.6) is 11.5 Å². The van der Waals surface area contributed by atoms with Crippen LogP contribution in [-0.4, -0.2) is 33.4 Å². The number of ketones is 1. The fourth-order valence-electron chi connectivity index (χ4n) is 5.28. The first-order chi connectivity index (χ1) is 18.1. The standard InChI is InChI=1S/C28H25N3O7/c1-6-37-20-13-16(11-12-19(20)38-15(3)33)21-22-24(17-9-7-8-10-18(17)25(22)34)31(14(2)32)26-23(21)27(35)30(5)28(36)29(26)4/h7-13,21H,6H2,1-5H3. The van der Waals surface area contributed by atoms with Crippen molar-refractivity contribution in [2.75, 3.05) is 11.5 Å². The zero-order chi connectivity index (χ0) is 27.5. The molecule has 2 heterocycles. The Balaban J connectivity index is 1.90. The molecule has 10 nitrogen and oxygen atoms in total. The molecule has 194 valence electrons. The van der Waals surface area contributed by atoms with Crippen LogP contribution in [0.4, 0.5) is 5.82 Å². The van der Waals surface area contributed by atoms with Crippen LogP contribution in [0.2, 0.25) is 0 Å². The summed E-state index contributed by atoms with van der Waals surface area (Å²) < 4.78 is 13.2. The molecule has 2 aliphatic rings. The monoisotopic (exact) mass is 515 g/mol. The number of carbonyl (C=O) groups excluding carboxylic acids is 3. The highest BCUT2D eigenvalue weighted by molar-refractivity contribution is 6.27. The summed E-state index contributed by atoms with van der Waals surface area (Å²) in [5.74, 6) is -1.71. The van der Waals surface area contributed by atoms with Gasteiger partial charge in [-0.1, -0.05) is 30.3 Å². The number of hydrogen-bond donors (Lipinski definition) is 0. The average Bonchev–Trinajstić information content (AvgIpc) is 3.17. The van der Waals surface area contributed by atoms with E-state index in [1.807, 2.05) is 0 Å². The number of amides is 1. The molecule has 0 fully saturated rings. The van der Waals surface area contributed by atoms with Gasteiger partial charge in [-0.15, -0.1) is 0 Å². The SMILES string of the molecule is CCOc1cc(C2C3=C(c4ccccc4C3=O)N(C(C)=O)c3c2c(=O)n(C)c(=O)n3C)ccc1OC(C)=O. The van der Waals surface area contributed by atoms with Crippen LogP contribution >= 0.6 is 0 Å². The Kier molecular flexibility index (Phi) is 5.90. The Labute approximate surface area is 217 Å². The second-order valence-electron chi connectivity index (χ2n) is 9.10. The number of rotatable bonds is 4. The predicted octanol–water partition coefficient (Wildman–Crippen LogP) is 2.51. The van der Waals surface area contributed by atoms with Crippen molar-refractivity contribution in [1.29, 1.82) is 0 Å². The summed E-state index contributed by atoms with van der Waals surface area (Å²) in [4.78, 5) is 66.6. The van der Waals surface area contributed by atoms with Gasteiger partial charge in [0.1, 0.15) is 5.82 Å². The maximum Gasteiger partial charge on any atom is 0.332 e. The van der Waals surface area contributed by atoms with Gasteiger partial charge in [-0.2, -0.15) is 0 Å². The van der Waals surface area contributed by atoms with Crippen molar-refractivity contribution in [3.63, 3.8) is 0 Å². The quantitative estimate of drug-likeness (QED) is 0.387. The van der Waals surface area contributed by atoms with E-state index in [4.69, 9.17) is 9.47 Å². The number of nitrogens with zero attached hydrogens (tertiary/aromatic N) is 3. The summed E-state index contributed by atoms with van der Waals surface area (Å²) in [7, 11) is 2.84. The van der Waals surface area contributed by atoms with E-state index in [0.29, 0.717) is 22.4 Å². The summed E-state index contributed by atoms with van der Waals surface area (Å²) >= 11 is 0. The van der Waals surface area contributed by atoms with Crippen molar-refractivity contribution >= 4 is 29.2 Å². The van der Waals surface area contributed by atoms with Crippen molar-refractivity contribution in [2.45, 2.75) is 26.7 Å². The van der Waals surface area contributed by atoms with Crippen LogP contribution in [0.3, 0.4) is 0 Å². The number of ether oxygens (including phenoxy) is 2. The number of Topliss-reactive ketones (excluding diaryl/α,β-unsaturated/α-hetero) is 1. The van der Waals surface area contributed by atoms with Crippen LogP contribution in [0.1, 0.15) is 53.7 Å². The first-order valence-corrected chi connectivity index (χ1v) is 12.0. The maximum absolute atomic E-state index is 13.9. The van der Waals surface area contributed by atoms with E-state index in [1.165, 1.54) is 43.5 Å². The van der Waals surface area contributed by atoms with Gasteiger partial charge in [-0.05, 0) is 24.6 Å². The van der Waals surface area contributed by atoms with Gasteiger partial charge in [0.25, 0.3) is 5.56 Å². The van der Waals surface area contributed by atoms with Gasteiger partial charge >= 0.3 is 11.7 Å². The molecule has 0 saturated heterocycles. The molecule has 0 spiro atoms. The number of carbonyl (C=O) groups is 3. The van der Waals surface area contributed by atoms with Crippen molar-refractivity contribution in [2.24, 2.45) is 14.1 Å². The minimum atomic E-state index is -0.938. The van der Waals surface area contributed by atoms with Crippen LogP contribution in [0, 0.1) is 0 Å². The van der Waals surface area contributed by atoms with Crippen LogP contribution in [0.25, 0.3) is 5.70 Å². The summed E-state index contributed by atoms with van der Waals surface area (Å²) in [5.41, 5.74) is 0.870. The highest BCUT2D eigenvalue weighted by atomic mass is 16.6. The Morgan fingerprint density at radius 3 is 2.24 bits per heavy atom. The number of anilines is 1. The van der Waals surface area contributed by atoms with E-state index in [-0.39, 0.29) is 40.8 Å². The summed E-state index contributed by atoms with van der Waals surface area (Å²) in [6.45, 7) is 4.64. The van der Waals surface area contributed by atoms with Crippen LogP contribution < -0.4 is 25.6 Å². The topological polar surface area (TPSA) is 117 Å². The minimum Gasteiger partial charge on any atom is -0.490 e. The van der Waals surface area contributed by atoms with E-state index < -0.39 is 29.0 Å². The van der Waals surface area contributed by atoms with Gasteiger partial charge in [0.15, 0.2) is 17.3 Å². The van der Waals surface area contributed by atoms with Gasteiger partial charge in [0, 0.05) is 50.6 Å². The fourth-order valence-corrected chi connectivity index (χ4v) is 5.28. The van der Waals surface area contributed by atoms with Crippen molar-refractivity contribution in [3.05, 3.63) is 91.1 Å². The maximum atomic E-state index is 13.9. The van der Waals surface area contributed by atoms with Gasteiger partial charge in [0.2, 0.25) is 5.91 Å². The second kappa shape index (κ2) is 8.98. The molecule has 3 aromatic rings.